The highest BCUT2D eigenvalue weighted by atomic mass is 16.5. The second-order valence-corrected chi connectivity index (χ2v) is 5.63. The second-order valence-electron chi connectivity index (χ2n) is 5.63. The first-order valence-corrected chi connectivity index (χ1v) is 6.87. The number of nitrogens with zero attached hydrogens (tertiary/aromatic N) is 2. The normalized spacial score (nSPS) is 30.9. The maximum absolute atomic E-state index is 5.46. The minimum atomic E-state index is 0.483. The highest BCUT2D eigenvalue weighted by Crippen LogP contribution is 2.37. The van der Waals surface area contributed by atoms with Crippen LogP contribution in [0.15, 0.2) is 4.52 Å². The molecule has 2 aliphatic rings. The highest BCUT2D eigenvalue weighted by Gasteiger charge is 2.28. The average molecular weight is 235 g/mol. The molecule has 2 fully saturated rings. The van der Waals surface area contributed by atoms with Crippen LogP contribution in [0.3, 0.4) is 0 Å². The third kappa shape index (κ3) is 2.37. The molecule has 1 aliphatic heterocycles. The van der Waals surface area contributed by atoms with E-state index >= 15 is 0 Å². The molecule has 17 heavy (non-hydrogen) atoms. The van der Waals surface area contributed by atoms with Gasteiger partial charge in [0.05, 0.1) is 0 Å². The Labute approximate surface area is 102 Å². The molecule has 4 heteroatoms. The van der Waals surface area contributed by atoms with E-state index in [1.165, 1.54) is 19.3 Å². The van der Waals surface area contributed by atoms with Gasteiger partial charge in [0.15, 0.2) is 5.82 Å². The first kappa shape index (κ1) is 11.2. The van der Waals surface area contributed by atoms with E-state index in [1.807, 2.05) is 0 Å². The predicted octanol–water partition coefficient (Wildman–Crippen LogP) is 2.44. The molecule has 94 valence electrons. The van der Waals surface area contributed by atoms with Gasteiger partial charge in [-0.1, -0.05) is 12.1 Å². The van der Waals surface area contributed by atoms with Crippen molar-refractivity contribution in [3.8, 4) is 0 Å². The van der Waals surface area contributed by atoms with Crippen LogP contribution in [-0.2, 0) is 0 Å². The number of nitrogens with one attached hydrogen (secondary N) is 1. The molecule has 1 saturated heterocycles. The minimum Gasteiger partial charge on any atom is -0.339 e. The molecule has 0 bridgehead atoms. The average Bonchev–Trinajstić information content (AvgIpc) is 2.98. The molecule has 1 aromatic rings. The molecule has 0 radical (unpaired) electrons. The van der Waals surface area contributed by atoms with E-state index in [0.29, 0.717) is 11.8 Å². The molecular formula is C13H21N3O. The lowest BCUT2D eigenvalue weighted by Gasteiger charge is -2.18. The molecule has 0 spiro atoms. The van der Waals surface area contributed by atoms with Crippen molar-refractivity contribution in [1.82, 2.24) is 15.5 Å². The summed E-state index contributed by atoms with van der Waals surface area (Å²) in [6, 6.07) is 0. The van der Waals surface area contributed by atoms with Crippen LogP contribution >= 0.6 is 0 Å². The van der Waals surface area contributed by atoms with Gasteiger partial charge in [-0.15, -0.1) is 0 Å². The fourth-order valence-electron chi connectivity index (χ4n) is 3.09. The van der Waals surface area contributed by atoms with Gasteiger partial charge in [0.2, 0.25) is 5.89 Å². The SMILES string of the molecule is CC1CCC(c2noc(C3CCNCC3)n2)C1. The fraction of sp³-hybridized carbons (Fsp3) is 0.846. The third-order valence-corrected chi connectivity index (χ3v) is 4.21. The van der Waals surface area contributed by atoms with Gasteiger partial charge in [0.1, 0.15) is 0 Å². The van der Waals surface area contributed by atoms with Crippen LogP contribution in [0.4, 0.5) is 0 Å². The Balaban J connectivity index is 1.69. The molecule has 1 saturated carbocycles. The first-order chi connectivity index (χ1) is 8.33. The van der Waals surface area contributed by atoms with Gasteiger partial charge >= 0.3 is 0 Å². The molecule has 1 N–H and O–H groups in total. The summed E-state index contributed by atoms with van der Waals surface area (Å²) in [4.78, 5) is 4.64. The van der Waals surface area contributed by atoms with E-state index in [2.05, 4.69) is 22.4 Å². The molecule has 2 heterocycles. The molecule has 2 atom stereocenters. The Morgan fingerprint density at radius 3 is 2.65 bits per heavy atom. The van der Waals surface area contributed by atoms with E-state index < -0.39 is 0 Å². The Kier molecular flexibility index (Phi) is 3.14. The smallest absolute Gasteiger partial charge is 0.229 e. The van der Waals surface area contributed by atoms with Crippen molar-refractivity contribution >= 4 is 0 Å². The van der Waals surface area contributed by atoms with Gasteiger partial charge in [-0.3, -0.25) is 0 Å². The predicted molar refractivity (Wildman–Crippen MR) is 64.9 cm³/mol. The molecular weight excluding hydrogens is 214 g/mol. The third-order valence-electron chi connectivity index (χ3n) is 4.21. The van der Waals surface area contributed by atoms with Gasteiger partial charge < -0.3 is 9.84 Å². The standard InChI is InChI=1S/C13H21N3O/c1-9-2-3-11(8-9)12-15-13(17-16-12)10-4-6-14-7-5-10/h9-11,14H,2-8H2,1H3. The van der Waals surface area contributed by atoms with Crippen LogP contribution in [0.5, 0.6) is 0 Å². The van der Waals surface area contributed by atoms with Gasteiger partial charge in [-0.05, 0) is 51.1 Å². The van der Waals surface area contributed by atoms with E-state index in [4.69, 9.17) is 4.52 Å². The Morgan fingerprint density at radius 2 is 1.94 bits per heavy atom. The Morgan fingerprint density at radius 1 is 1.12 bits per heavy atom. The maximum Gasteiger partial charge on any atom is 0.229 e. The zero-order valence-corrected chi connectivity index (χ0v) is 10.5. The van der Waals surface area contributed by atoms with Crippen molar-refractivity contribution in [3.05, 3.63) is 11.7 Å². The molecule has 3 rings (SSSR count). The highest BCUT2D eigenvalue weighted by molar-refractivity contribution is 5.02. The van der Waals surface area contributed by atoms with Gasteiger partial charge in [0.25, 0.3) is 0 Å². The number of hydrogen-bond acceptors (Lipinski definition) is 4. The van der Waals surface area contributed by atoms with Crippen molar-refractivity contribution in [2.75, 3.05) is 13.1 Å². The molecule has 0 aromatic carbocycles. The second kappa shape index (κ2) is 4.77. The molecule has 4 nitrogen and oxygen atoms in total. The number of hydrogen-bond donors (Lipinski definition) is 1. The molecule has 1 aromatic heterocycles. The largest absolute Gasteiger partial charge is 0.339 e. The summed E-state index contributed by atoms with van der Waals surface area (Å²) >= 11 is 0. The summed E-state index contributed by atoms with van der Waals surface area (Å²) in [5.74, 6) is 3.69. The van der Waals surface area contributed by atoms with E-state index in [1.54, 1.807) is 0 Å². The lowest BCUT2D eigenvalue weighted by Crippen LogP contribution is -2.26. The van der Waals surface area contributed by atoms with Gasteiger partial charge in [-0.25, -0.2) is 0 Å². The monoisotopic (exact) mass is 235 g/mol. The topological polar surface area (TPSA) is 51.0 Å². The zero-order chi connectivity index (χ0) is 11.7. The van der Waals surface area contributed by atoms with Crippen molar-refractivity contribution in [1.29, 1.82) is 0 Å². The number of aromatic nitrogens is 2. The summed E-state index contributed by atoms with van der Waals surface area (Å²) in [5, 5.41) is 7.56. The van der Waals surface area contributed by atoms with Crippen LogP contribution in [0, 0.1) is 5.92 Å². The van der Waals surface area contributed by atoms with E-state index in [0.717, 1.165) is 43.6 Å². The summed E-state index contributed by atoms with van der Waals surface area (Å²) in [7, 11) is 0. The molecule has 2 unspecified atom stereocenters. The van der Waals surface area contributed by atoms with Gasteiger partial charge in [0, 0.05) is 11.8 Å². The lowest BCUT2D eigenvalue weighted by atomic mass is 9.98. The first-order valence-electron chi connectivity index (χ1n) is 6.87. The summed E-state index contributed by atoms with van der Waals surface area (Å²) in [5.41, 5.74) is 0. The van der Waals surface area contributed by atoms with Crippen LogP contribution in [0.2, 0.25) is 0 Å². The molecule has 1 aliphatic carbocycles. The number of piperidine rings is 1. The zero-order valence-electron chi connectivity index (χ0n) is 10.5. The van der Waals surface area contributed by atoms with Crippen LogP contribution in [0.1, 0.15) is 62.6 Å². The van der Waals surface area contributed by atoms with E-state index in [9.17, 15) is 0 Å². The Bertz CT molecular complexity index is 351. The fourth-order valence-corrected chi connectivity index (χ4v) is 3.09. The Hall–Kier alpha value is -0.900. The quantitative estimate of drug-likeness (QED) is 0.855. The number of rotatable bonds is 2. The maximum atomic E-state index is 5.46. The summed E-state index contributed by atoms with van der Waals surface area (Å²) in [6.07, 6.45) is 6.02. The lowest BCUT2D eigenvalue weighted by molar-refractivity contribution is 0.317. The van der Waals surface area contributed by atoms with Crippen molar-refractivity contribution in [2.24, 2.45) is 5.92 Å². The van der Waals surface area contributed by atoms with Gasteiger partial charge in [-0.2, -0.15) is 4.98 Å². The van der Waals surface area contributed by atoms with E-state index in [-0.39, 0.29) is 0 Å². The van der Waals surface area contributed by atoms with Crippen LogP contribution < -0.4 is 5.32 Å². The van der Waals surface area contributed by atoms with Crippen molar-refractivity contribution in [3.63, 3.8) is 0 Å². The van der Waals surface area contributed by atoms with Crippen molar-refractivity contribution in [2.45, 2.75) is 50.9 Å². The van der Waals surface area contributed by atoms with Crippen molar-refractivity contribution < 1.29 is 4.52 Å². The summed E-state index contributed by atoms with van der Waals surface area (Å²) in [6.45, 7) is 4.46. The summed E-state index contributed by atoms with van der Waals surface area (Å²) < 4.78 is 5.46. The minimum absolute atomic E-state index is 0.483. The van der Waals surface area contributed by atoms with Crippen LogP contribution in [-0.4, -0.2) is 23.2 Å². The van der Waals surface area contributed by atoms with Crippen LogP contribution in [0.25, 0.3) is 0 Å². The molecule has 0 amide bonds.